The molecule has 1 amide bonds. The third kappa shape index (κ3) is 4.64. The summed E-state index contributed by atoms with van der Waals surface area (Å²) < 4.78 is 17.1. The van der Waals surface area contributed by atoms with Crippen LogP contribution in [0, 0.1) is 0 Å². The number of nitrogens with zero attached hydrogens (tertiary/aromatic N) is 1. The topological polar surface area (TPSA) is 48.0 Å². The highest BCUT2D eigenvalue weighted by Crippen LogP contribution is 2.31. The van der Waals surface area contributed by atoms with Crippen LogP contribution in [0.2, 0.25) is 0 Å². The Labute approximate surface area is 150 Å². The zero-order chi connectivity index (χ0) is 17.5. The largest absolute Gasteiger partial charge is 0.493 e. The first-order chi connectivity index (χ1) is 11.5. The molecule has 0 atom stereocenters. The average molecular weight is 394 g/mol. The summed E-state index contributed by atoms with van der Waals surface area (Å²) in [5.41, 5.74) is 0.871. The molecule has 0 fully saturated rings. The van der Waals surface area contributed by atoms with Crippen molar-refractivity contribution in [3.8, 4) is 17.2 Å². The van der Waals surface area contributed by atoms with Gasteiger partial charge in [0.25, 0.3) is 5.91 Å². The molecule has 0 saturated carbocycles. The molecule has 2 rings (SSSR count). The Morgan fingerprint density at radius 3 is 2.54 bits per heavy atom. The molecule has 0 aliphatic heterocycles. The van der Waals surface area contributed by atoms with Gasteiger partial charge < -0.3 is 19.1 Å². The van der Waals surface area contributed by atoms with E-state index in [-0.39, 0.29) is 12.5 Å². The summed E-state index contributed by atoms with van der Waals surface area (Å²) >= 11 is 3.37. The molecule has 0 aromatic heterocycles. The van der Waals surface area contributed by atoms with E-state index < -0.39 is 0 Å². The fraction of sp³-hybridized carbons (Fsp3) is 0.278. The van der Waals surface area contributed by atoms with E-state index >= 15 is 0 Å². The minimum atomic E-state index is -0.125. The number of amides is 1. The van der Waals surface area contributed by atoms with Crippen LogP contribution in [0.15, 0.2) is 46.9 Å². The third-order valence-corrected chi connectivity index (χ3v) is 3.97. The average Bonchev–Trinajstić information content (AvgIpc) is 2.59. The molecule has 6 heteroatoms. The number of halogens is 1. The Kier molecular flexibility index (Phi) is 6.49. The number of para-hydroxylation sites is 1. The van der Waals surface area contributed by atoms with Gasteiger partial charge in [-0.3, -0.25) is 4.79 Å². The van der Waals surface area contributed by atoms with Gasteiger partial charge in [0, 0.05) is 23.6 Å². The number of rotatable bonds is 7. The van der Waals surface area contributed by atoms with E-state index in [0.717, 1.165) is 10.0 Å². The summed E-state index contributed by atoms with van der Waals surface area (Å²) in [7, 11) is 4.90. The molecule has 2 aromatic carbocycles. The lowest BCUT2D eigenvalue weighted by atomic mass is 10.1. The van der Waals surface area contributed by atoms with Crippen LogP contribution in [-0.4, -0.2) is 38.7 Å². The predicted octanol–water partition coefficient (Wildman–Crippen LogP) is 3.50. The van der Waals surface area contributed by atoms with Crippen molar-refractivity contribution in [3.63, 3.8) is 0 Å². The van der Waals surface area contributed by atoms with E-state index in [9.17, 15) is 4.79 Å². The number of carbonyl (C=O) groups is 1. The maximum absolute atomic E-state index is 12.3. The van der Waals surface area contributed by atoms with Crippen LogP contribution >= 0.6 is 15.9 Å². The molecular formula is C18H20BrNO4. The van der Waals surface area contributed by atoms with Gasteiger partial charge in [-0.25, -0.2) is 0 Å². The molecule has 0 aliphatic rings. The lowest BCUT2D eigenvalue weighted by molar-refractivity contribution is -0.132. The van der Waals surface area contributed by atoms with E-state index in [1.807, 2.05) is 42.5 Å². The lowest BCUT2D eigenvalue weighted by Crippen LogP contribution is -2.31. The van der Waals surface area contributed by atoms with E-state index in [0.29, 0.717) is 23.8 Å². The first kappa shape index (κ1) is 18.1. The van der Waals surface area contributed by atoms with Gasteiger partial charge in [-0.15, -0.1) is 0 Å². The summed E-state index contributed by atoms with van der Waals surface area (Å²) in [6.45, 7) is 0.375. The Morgan fingerprint density at radius 2 is 1.88 bits per heavy atom. The van der Waals surface area contributed by atoms with Gasteiger partial charge in [-0.1, -0.05) is 34.1 Å². The van der Waals surface area contributed by atoms with Crippen molar-refractivity contribution in [2.45, 2.75) is 6.54 Å². The van der Waals surface area contributed by atoms with Crippen molar-refractivity contribution >= 4 is 21.8 Å². The molecule has 0 bridgehead atoms. The van der Waals surface area contributed by atoms with Crippen LogP contribution in [-0.2, 0) is 11.3 Å². The monoisotopic (exact) mass is 393 g/mol. The van der Waals surface area contributed by atoms with Crippen LogP contribution in [0.25, 0.3) is 0 Å². The number of methoxy groups -OCH3 is 2. The van der Waals surface area contributed by atoms with Gasteiger partial charge in [0.15, 0.2) is 18.1 Å². The van der Waals surface area contributed by atoms with Crippen molar-refractivity contribution in [3.05, 3.63) is 52.5 Å². The number of hydrogen-bond acceptors (Lipinski definition) is 4. The van der Waals surface area contributed by atoms with E-state index in [4.69, 9.17) is 14.2 Å². The second-order valence-corrected chi connectivity index (χ2v) is 6.06. The number of ether oxygens (including phenoxy) is 3. The lowest BCUT2D eigenvalue weighted by Gasteiger charge is -2.20. The number of carbonyl (C=O) groups excluding carboxylic acids is 1. The molecule has 0 unspecified atom stereocenters. The van der Waals surface area contributed by atoms with Gasteiger partial charge in [-0.2, -0.15) is 0 Å². The maximum Gasteiger partial charge on any atom is 0.260 e. The summed E-state index contributed by atoms with van der Waals surface area (Å²) in [6.07, 6.45) is 0. The molecule has 0 heterocycles. The third-order valence-electron chi connectivity index (χ3n) is 3.48. The summed E-state index contributed by atoms with van der Waals surface area (Å²) in [5.74, 6) is 1.79. The molecule has 0 spiro atoms. The van der Waals surface area contributed by atoms with Crippen molar-refractivity contribution in [1.29, 1.82) is 0 Å². The van der Waals surface area contributed by atoms with E-state index in [2.05, 4.69) is 15.9 Å². The standard InChI is InChI=1S/C18H20BrNO4/c1-20(11-13-6-4-9-16(22-2)18(13)23-3)17(21)12-24-15-8-5-7-14(19)10-15/h4-10H,11-12H2,1-3H3. The second-order valence-electron chi connectivity index (χ2n) is 5.15. The van der Waals surface area contributed by atoms with Gasteiger partial charge in [0.05, 0.1) is 14.2 Å². The highest BCUT2D eigenvalue weighted by Gasteiger charge is 2.15. The van der Waals surface area contributed by atoms with Crippen LogP contribution in [0.1, 0.15) is 5.56 Å². The number of benzene rings is 2. The van der Waals surface area contributed by atoms with Crippen molar-refractivity contribution in [1.82, 2.24) is 4.90 Å². The highest BCUT2D eigenvalue weighted by molar-refractivity contribution is 9.10. The van der Waals surface area contributed by atoms with Crippen molar-refractivity contribution in [2.75, 3.05) is 27.9 Å². The van der Waals surface area contributed by atoms with Crippen LogP contribution < -0.4 is 14.2 Å². The first-order valence-corrected chi connectivity index (χ1v) is 8.16. The quantitative estimate of drug-likeness (QED) is 0.721. The Hall–Kier alpha value is -2.21. The van der Waals surface area contributed by atoms with E-state index in [1.54, 1.807) is 26.2 Å². The second kappa shape index (κ2) is 8.59. The molecule has 0 aliphatic carbocycles. The van der Waals surface area contributed by atoms with Crippen LogP contribution in [0.4, 0.5) is 0 Å². The van der Waals surface area contributed by atoms with Gasteiger partial charge in [0.2, 0.25) is 0 Å². The van der Waals surface area contributed by atoms with E-state index in [1.165, 1.54) is 0 Å². The number of likely N-dealkylation sites (N-methyl/N-ethyl adjacent to an activating group) is 1. The molecule has 0 saturated heterocycles. The normalized spacial score (nSPS) is 10.2. The summed E-state index contributed by atoms with van der Waals surface area (Å²) in [4.78, 5) is 13.9. The molecule has 24 heavy (non-hydrogen) atoms. The Morgan fingerprint density at radius 1 is 1.12 bits per heavy atom. The zero-order valence-corrected chi connectivity index (χ0v) is 15.5. The van der Waals surface area contributed by atoms with Crippen LogP contribution in [0.5, 0.6) is 17.2 Å². The minimum absolute atomic E-state index is 0.0285. The van der Waals surface area contributed by atoms with Gasteiger partial charge >= 0.3 is 0 Å². The summed E-state index contributed by atoms with van der Waals surface area (Å²) in [5, 5.41) is 0. The molecule has 0 N–H and O–H groups in total. The molecular weight excluding hydrogens is 374 g/mol. The van der Waals surface area contributed by atoms with Crippen molar-refractivity contribution < 1.29 is 19.0 Å². The van der Waals surface area contributed by atoms with Gasteiger partial charge in [0.1, 0.15) is 5.75 Å². The Balaban J connectivity index is 1.99. The maximum atomic E-state index is 12.3. The predicted molar refractivity (Wildman–Crippen MR) is 95.7 cm³/mol. The zero-order valence-electron chi connectivity index (χ0n) is 13.9. The first-order valence-electron chi connectivity index (χ1n) is 7.37. The minimum Gasteiger partial charge on any atom is -0.493 e. The number of hydrogen-bond donors (Lipinski definition) is 0. The molecule has 5 nitrogen and oxygen atoms in total. The SMILES string of the molecule is COc1cccc(CN(C)C(=O)COc2cccc(Br)c2)c1OC. The fourth-order valence-electron chi connectivity index (χ4n) is 2.23. The van der Waals surface area contributed by atoms with Gasteiger partial charge in [-0.05, 0) is 24.3 Å². The fourth-order valence-corrected chi connectivity index (χ4v) is 2.61. The smallest absolute Gasteiger partial charge is 0.260 e. The molecule has 128 valence electrons. The van der Waals surface area contributed by atoms with Crippen molar-refractivity contribution in [2.24, 2.45) is 0 Å². The highest BCUT2D eigenvalue weighted by atomic mass is 79.9. The Bertz CT molecular complexity index is 705. The molecule has 0 radical (unpaired) electrons. The summed E-state index contributed by atoms with van der Waals surface area (Å²) in [6, 6.07) is 13.0. The van der Waals surface area contributed by atoms with Crippen LogP contribution in [0.3, 0.4) is 0 Å². The molecule has 2 aromatic rings.